The second-order valence-electron chi connectivity index (χ2n) is 2.98. The van der Waals surface area contributed by atoms with Gasteiger partial charge in [-0.3, -0.25) is 4.79 Å². The highest BCUT2D eigenvalue weighted by Crippen LogP contribution is 2.24. The number of rotatable bonds is 2. The fraction of sp³-hybridized carbons (Fsp3) is 0. The average molecular weight is 255 g/mol. The van der Waals surface area contributed by atoms with Gasteiger partial charge in [0.05, 0.1) is 16.9 Å². The van der Waals surface area contributed by atoms with Gasteiger partial charge in [0.2, 0.25) is 0 Å². The number of carbonyl (C=O) groups excluding carboxylic acids is 1. The molecule has 3 N–H and O–H groups in total. The van der Waals surface area contributed by atoms with Crippen molar-refractivity contribution in [2.75, 3.05) is 11.1 Å². The van der Waals surface area contributed by atoms with E-state index in [4.69, 9.17) is 17.3 Å². The molecule has 0 fully saturated rings. The predicted molar refractivity (Wildman–Crippen MR) is 63.7 cm³/mol. The molecule has 2 aromatic rings. The summed E-state index contributed by atoms with van der Waals surface area (Å²) < 4.78 is 3.60. The van der Waals surface area contributed by atoms with Crippen LogP contribution in [0.2, 0.25) is 5.02 Å². The quantitative estimate of drug-likeness (QED) is 0.804. The van der Waals surface area contributed by atoms with E-state index in [-0.39, 0.29) is 5.91 Å². The smallest absolute Gasteiger partial charge is 0.269 e. The van der Waals surface area contributed by atoms with E-state index in [9.17, 15) is 4.79 Å². The minimum Gasteiger partial charge on any atom is -0.399 e. The molecule has 0 aliphatic heterocycles. The summed E-state index contributed by atoms with van der Waals surface area (Å²) in [6, 6.07) is 4.87. The zero-order valence-corrected chi connectivity index (χ0v) is 9.55. The van der Waals surface area contributed by atoms with E-state index in [0.29, 0.717) is 21.3 Å². The Hall–Kier alpha value is -1.66. The Morgan fingerprint density at radius 1 is 1.50 bits per heavy atom. The van der Waals surface area contributed by atoms with Crippen LogP contribution in [0.3, 0.4) is 0 Å². The Kier molecular flexibility index (Phi) is 3.02. The van der Waals surface area contributed by atoms with E-state index in [1.165, 1.54) is 6.20 Å². The highest BCUT2D eigenvalue weighted by Gasteiger charge is 2.10. The van der Waals surface area contributed by atoms with E-state index in [1.807, 2.05) is 0 Å². The molecule has 0 saturated heterocycles. The third kappa shape index (κ3) is 2.29. The highest BCUT2D eigenvalue weighted by molar-refractivity contribution is 7.07. The van der Waals surface area contributed by atoms with Crippen LogP contribution in [0.5, 0.6) is 0 Å². The first-order valence-corrected chi connectivity index (χ1v) is 5.45. The minimum atomic E-state index is -0.290. The van der Waals surface area contributed by atoms with Crippen molar-refractivity contribution in [1.29, 1.82) is 0 Å². The third-order valence-corrected chi connectivity index (χ3v) is 2.80. The van der Waals surface area contributed by atoms with Gasteiger partial charge in [-0.25, -0.2) is 0 Å². The first kappa shape index (κ1) is 10.8. The summed E-state index contributed by atoms with van der Waals surface area (Å²) in [7, 11) is 0. The monoisotopic (exact) mass is 254 g/mol. The molecular formula is C9H7ClN4OS. The first-order valence-electron chi connectivity index (χ1n) is 4.30. The molecule has 0 bridgehead atoms. The molecule has 5 nitrogen and oxygen atoms in total. The second-order valence-corrected chi connectivity index (χ2v) is 4.17. The lowest BCUT2D eigenvalue weighted by molar-refractivity contribution is 0.103. The van der Waals surface area contributed by atoms with Gasteiger partial charge in [0.25, 0.3) is 5.91 Å². The van der Waals surface area contributed by atoms with Gasteiger partial charge in [0, 0.05) is 5.69 Å². The van der Waals surface area contributed by atoms with Crippen molar-refractivity contribution >= 4 is 40.4 Å². The molecule has 0 aliphatic carbocycles. The van der Waals surface area contributed by atoms with Gasteiger partial charge in [-0.1, -0.05) is 16.1 Å². The zero-order chi connectivity index (χ0) is 11.5. The number of carbonyl (C=O) groups is 1. The lowest BCUT2D eigenvalue weighted by Gasteiger charge is -2.05. The second kappa shape index (κ2) is 4.46. The highest BCUT2D eigenvalue weighted by atomic mass is 35.5. The van der Waals surface area contributed by atoms with E-state index < -0.39 is 0 Å². The fourth-order valence-corrected chi connectivity index (χ4v) is 1.73. The van der Waals surface area contributed by atoms with Gasteiger partial charge >= 0.3 is 0 Å². The summed E-state index contributed by atoms with van der Waals surface area (Å²) in [6.07, 6.45) is 1.39. The van der Waals surface area contributed by atoms with Crippen molar-refractivity contribution in [3.8, 4) is 0 Å². The summed E-state index contributed by atoms with van der Waals surface area (Å²) in [4.78, 5) is 12.1. The Balaban J connectivity index is 2.18. The van der Waals surface area contributed by atoms with Crippen molar-refractivity contribution in [1.82, 2.24) is 9.59 Å². The molecule has 0 atom stereocenters. The van der Waals surface area contributed by atoms with Crippen molar-refractivity contribution in [2.45, 2.75) is 0 Å². The van der Waals surface area contributed by atoms with Gasteiger partial charge in [-0.2, -0.15) is 0 Å². The standard InChI is InChI=1S/C9H7ClN4OS/c10-6-3-5(11)1-2-7(6)13-9(15)8-4-12-14-16-8/h1-4H,11H2,(H,13,15). The Morgan fingerprint density at radius 3 is 2.94 bits per heavy atom. The van der Waals surface area contributed by atoms with Crippen LogP contribution in [0, 0.1) is 0 Å². The summed E-state index contributed by atoms with van der Waals surface area (Å²) in [5.74, 6) is -0.290. The topological polar surface area (TPSA) is 80.9 Å². The number of nitrogens with one attached hydrogen (secondary N) is 1. The van der Waals surface area contributed by atoms with Crippen molar-refractivity contribution in [2.24, 2.45) is 0 Å². The van der Waals surface area contributed by atoms with Crippen molar-refractivity contribution in [3.05, 3.63) is 34.3 Å². The maximum Gasteiger partial charge on any atom is 0.269 e. The molecule has 7 heteroatoms. The molecule has 1 heterocycles. The summed E-state index contributed by atoms with van der Waals surface area (Å²) in [5.41, 5.74) is 6.59. The molecule has 1 aromatic heterocycles. The van der Waals surface area contributed by atoms with E-state index >= 15 is 0 Å². The van der Waals surface area contributed by atoms with Crippen molar-refractivity contribution in [3.63, 3.8) is 0 Å². The molecule has 2 rings (SSSR count). The van der Waals surface area contributed by atoms with E-state index in [1.54, 1.807) is 18.2 Å². The molecule has 0 spiro atoms. The van der Waals surface area contributed by atoms with Gasteiger partial charge in [-0.05, 0) is 29.7 Å². The number of anilines is 2. The number of hydrogen-bond donors (Lipinski definition) is 2. The number of aromatic nitrogens is 2. The third-order valence-electron chi connectivity index (χ3n) is 1.83. The number of nitrogen functional groups attached to an aromatic ring is 1. The Morgan fingerprint density at radius 2 is 2.31 bits per heavy atom. The number of halogens is 1. The van der Waals surface area contributed by atoms with Crippen LogP contribution < -0.4 is 11.1 Å². The molecule has 0 aliphatic rings. The van der Waals surface area contributed by atoms with Gasteiger partial charge in [-0.15, -0.1) is 5.10 Å². The molecule has 1 aromatic carbocycles. The van der Waals surface area contributed by atoms with E-state index in [2.05, 4.69) is 14.9 Å². The van der Waals surface area contributed by atoms with Crippen LogP contribution in [0.25, 0.3) is 0 Å². The molecular weight excluding hydrogens is 248 g/mol. The SMILES string of the molecule is Nc1ccc(NC(=O)c2cnns2)c(Cl)c1. The molecule has 16 heavy (non-hydrogen) atoms. The van der Waals surface area contributed by atoms with Crippen LogP contribution in [-0.4, -0.2) is 15.5 Å². The Labute approximate surface area is 100 Å². The molecule has 82 valence electrons. The lowest BCUT2D eigenvalue weighted by atomic mass is 10.3. The van der Waals surface area contributed by atoms with Gasteiger partial charge < -0.3 is 11.1 Å². The van der Waals surface area contributed by atoms with Crippen LogP contribution in [0.4, 0.5) is 11.4 Å². The number of hydrogen-bond acceptors (Lipinski definition) is 5. The van der Waals surface area contributed by atoms with Crippen LogP contribution in [0.1, 0.15) is 9.67 Å². The average Bonchev–Trinajstić information content (AvgIpc) is 2.75. The maximum absolute atomic E-state index is 11.6. The first-order chi connectivity index (χ1) is 7.66. The summed E-state index contributed by atoms with van der Waals surface area (Å²) in [6.45, 7) is 0. The number of benzene rings is 1. The van der Waals surface area contributed by atoms with Crippen LogP contribution in [0.15, 0.2) is 24.4 Å². The van der Waals surface area contributed by atoms with Gasteiger partial charge in [0.1, 0.15) is 4.88 Å². The van der Waals surface area contributed by atoms with E-state index in [0.717, 1.165) is 11.5 Å². The number of nitrogens with zero attached hydrogens (tertiary/aromatic N) is 2. The van der Waals surface area contributed by atoms with Gasteiger partial charge in [0.15, 0.2) is 0 Å². The van der Waals surface area contributed by atoms with Crippen LogP contribution in [-0.2, 0) is 0 Å². The molecule has 1 amide bonds. The zero-order valence-electron chi connectivity index (χ0n) is 7.98. The van der Waals surface area contributed by atoms with Crippen LogP contribution >= 0.6 is 23.1 Å². The number of nitrogens with two attached hydrogens (primary N) is 1. The summed E-state index contributed by atoms with van der Waals surface area (Å²) >= 11 is 6.93. The maximum atomic E-state index is 11.6. The van der Waals surface area contributed by atoms with Crippen molar-refractivity contribution < 1.29 is 4.79 Å². The predicted octanol–water partition coefficient (Wildman–Crippen LogP) is 2.03. The molecule has 0 radical (unpaired) electrons. The normalized spacial score (nSPS) is 10.1. The largest absolute Gasteiger partial charge is 0.399 e. The fourth-order valence-electron chi connectivity index (χ4n) is 1.08. The molecule has 0 unspecified atom stereocenters. The minimum absolute atomic E-state index is 0.290. The lowest BCUT2D eigenvalue weighted by Crippen LogP contribution is -2.10. The molecule has 0 saturated carbocycles. The number of amides is 1. The Bertz CT molecular complexity index is 514. The summed E-state index contributed by atoms with van der Waals surface area (Å²) in [5, 5.41) is 6.61.